The number of aromatic amines is 1. The van der Waals surface area contributed by atoms with E-state index in [1.54, 1.807) is 6.92 Å². The Morgan fingerprint density at radius 2 is 2.44 bits per heavy atom. The minimum Gasteiger partial charge on any atom is -0.366 e. The molecular formula is C9H14N6O. The second-order valence-corrected chi connectivity index (χ2v) is 3.42. The Morgan fingerprint density at radius 1 is 1.75 bits per heavy atom. The molecule has 0 saturated carbocycles. The van der Waals surface area contributed by atoms with Crippen molar-refractivity contribution in [2.24, 2.45) is 5.92 Å². The predicted octanol–water partition coefficient (Wildman–Crippen LogP) is 0.00868. The quantitative estimate of drug-likeness (QED) is 0.745. The van der Waals surface area contributed by atoms with Crippen molar-refractivity contribution in [3.8, 4) is 6.07 Å². The van der Waals surface area contributed by atoms with Crippen molar-refractivity contribution in [3.63, 3.8) is 0 Å². The maximum atomic E-state index is 11.9. The van der Waals surface area contributed by atoms with Crippen LogP contribution in [0.25, 0.3) is 0 Å². The zero-order valence-electron chi connectivity index (χ0n) is 9.27. The number of nitrogen functional groups attached to an aromatic ring is 1. The normalized spacial score (nSPS) is 11.8. The number of anilines is 1. The average molecular weight is 222 g/mol. The molecule has 0 spiro atoms. The standard InChI is InChI=1S/C9H14N6O/c1-3-15(5-6(2)4-10)8(16)7-12-9(11)14-13-7/h6H,3,5H2,1-2H3,(H3,11,12,13,14). The largest absolute Gasteiger partial charge is 0.366 e. The van der Waals surface area contributed by atoms with Gasteiger partial charge in [0, 0.05) is 13.1 Å². The van der Waals surface area contributed by atoms with Crippen molar-refractivity contribution in [2.45, 2.75) is 13.8 Å². The van der Waals surface area contributed by atoms with Crippen LogP contribution in [0.1, 0.15) is 24.5 Å². The highest BCUT2D eigenvalue weighted by Gasteiger charge is 2.19. The number of amides is 1. The lowest BCUT2D eigenvalue weighted by atomic mass is 10.2. The van der Waals surface area contributed by atoms with Gasteiger partial charge in [-0.15, -0.1) is 5.10 Å². The smallest absolute Gasteiger partial charge is 0.291 e. The highest BCUT2D eigenvalue weighted by Crippen LogP contribution is 2.04. The Hall–Kier alpha value is -2.10. The first-order valence-electron chi connectivity index (χ1n) is 4.95. The molecule has 16 heavy (non-hydrogen) atoms. The molecule has 1 aromatic rings. The van der Waals surface area contributed by atoms with Gasteiger partial charge in [-0.05, 0) is 13.8 Å². The SMILES string of the molecule is CCN(CC(C)C#N)C(=O)c1nc(N)n[nH]1. The summed E-state index contributed by atoms with van der Waals surface area (Å²) in [5.74, 6) is -0.379. The first-order chi connectivity index (χ1) is 7.58. The summed E-state index contributed by atoms with van der Waals surface area (Å²) in [5, 5.41) is 14.7. The zero-order valence-corrected chi connectivity index (χ0v) is 9.27. The number of hydrogen-bond donors (Lipinski definition) is 2. The zero-order chi connectivity index (χ0) is 12.1. The number of aromatic nitrogens is 3. The third-order valence-corrected chi connectivity index (χ3v) is 2.09. The fraction of sp³-hybridized carbons (Fsp3) is 0.556. The maximum Gasteiger partial charge on any atom is 0.291 e. The predicted molar refractivity (Wildman–Crippen MR) is 57.1 cm³/mol. The van der Waals surface area contributed by atoms with E-state index in [0.29, 0.717) is 13.1 Å². The maximum absolute atomic E-state index is 11.9. The summed E-state index contributed by atoms with van der Waals surface area (Å²) in [6.45, 7) is 4.46. The topological polar surface area (TPSA) is 112 Å². The van der Waals surface area contributed by atoms with Gasteiger partial charge in [0.25, 0.3) is 5.91 Å². The Kier molecular flexibility index (Phi) is 3.83. The van der Waals surface area contributed by atoms with Gasteiger partial charge in [0.15, 0.2) is 0 Å². The number of nitrogens with zero attached hydrogens (tertiary/aromatic N) is 4. The van der Waals surface area contributed by atoms with Gasteiger partial charge in [0.1, 0.15) is 0 Å². The van der Waals surface area contributed by atoms with Crippen LogP contribution in [-0.2, 0) is 0 Å². The highest BCUT2D eigenvalue weighted by atomic mass is 16.2. The van der Waals surface area contributed by atoms with Crippen molar-refractivity contribution < 1.29 is 4.79 Å². The molecule has 0 aliphatic rings. The summed E-state index contributed by atoms with van der Waals surface area (Å²) in [6.07, 6.45) is 0. The van der Waals surface area contributed by atoms with Crippen molar-refractivity contribution in [2.75, 3.05) is 18.8 Å². The van der Waals surface area contributed by atoms with E-state index in [1.807, 2.05) is 6.92 Å². The summed E-state index contributed by atoms with van der Waals surface area (Å²) in [7, 11) is 0. The monoisotopic (exact) mass is 222 g/mol. The van der Waals surface area contributed by atoms with E-state index in [1.165, 1.54) is 4.90 Å². The number of nitrogens with one attached hydrogen (secondary N) is 1. The molecule has 0 saturated heterocycles. The number of carbonyl (C=O) groups is 1. The molecule has 1 aromatic heterocycles. The molecule has 1 unspecified atom stereocenters. The van der Waals surface area contributed by atoms with Gasteiger partial charge in [0.2, 0.25) is 11.8 Å². The van der Waals surface area contributed by atoms with Gasteiger partial charge < -0.3 is 10.6 Å². The first-order valence-corrected chi connectivity index (χ1v) is 4.95. The number of hydrogen-bond acceptors (Lipinski definition) is 5. The van der Waals surface area contributed by atoms with Crippen LogP contribution < -0.4 is 5.73 Å². The number of H-pyrrole nitrogens is 1. The van der Waals surface area contributed by atoms with Crippen LogP contribution in [0.5, 0.6) is 0 Å². The molecule has 1 atom stereocenters. The molecular weight excluding hydrogens is 208 g/mol. The van der Waals surface area contributed by atoms with E-state index in [4.69, 9.17) is 11.0 Å². The molecule has 0 aliphatic heterocycles. The second-order valence-electron chi connectivity index (χ2n) is 3.42. The Balaban J connectivity index is 2.74. The van der Waals surface area contributed by atoms with E-state index in [0.717, 1.165) is 0 Å². The van der Waals surface area contributed by atoms with Crippen molar-refractivity contribution >= 4 is 11.9 Å². The molecule has 0 bridgehead atoms. The van der Waals surface area contributed by atoms with E-state index in [2.05, 4.69) is 21.3 Å². The van der Waals surface area contributed by atoms with E-state index in [-0.39, 0.29) is 23.6 Å². The minimum absolute atomic E-state index is 0.0349. The number of rotatable bonds is 4. The number of carbonyl (C=O) groups excluding carboxylic acids is 1. The van der Waals surface area contributed by atoms with Gasteiger partial charge in [-0.1, -0.05) is 0 Å². The second kappa shape index (κ2) is 5.11. The lowest BCUT2D eigenvalue weighted by Crippen LogP contribution is -2.35. The fourth-order valence-electron chi connectivity index (χ4n) is 1.25. The lowest BCUT2D eigenvalue weighted by Gasteiger charge is -2.20. The summed E-state index contributed by atoms with van der Waals surface area (Å²) in [4.78, 5) is 17.1. The first kappa shape index (κ1) is 12.0. The summed E-state index contributed by atoms with van der Waals surface area (Å²) in [5.41, 5.74) is 5.31. The minimum atomic E-state index is -0.297. The van der Waals surface area contributed by atoms with Crippen LogP contribution >= 0.6 is 0 Å². The molecule has 7 nitrogen and oxygen atoms in total. The van der Waals surface area contributed by atoms with Crippen LogP contribution in [-0.4, -0.2) is 39.1 Å². The van der Waals surface area contributed by atoms with Crippen LogP contribution in [0.15, 0.2) is 0 Å². The third kappa shape index (κ3) is 2.70. The summed E-state index contributed by atoms with van der Waals surface area (Å²) >= 11 is 0. The van der Waals surface area contributed by atoms with Crippen LogP contribution in [0.4, 0.5) is 5.95 Å². The van der Waals surface area contributed by atoms with Gasteiger partial charge >= 0.3 is 0 Å². The van der Waals surface area contributed by atoms with E-state index < -0.39 is 0 Å². The Labute approximate surface area is 93.3 Å². The molecule has 1 amide bonds. The van der Waals surface area contributed by atoms with Crippen LogP contribution in [0.3, 0.4) is 0 Å². The molecule has 0 fully saturated rings. The van der Waals surface area contributed by atoms with Gasteiger partial charge in [0.05, 0.1) is 12.0 Å². The van der Waals surface area contributed by atoms with E-state index >= 15 is 0 Å². The fourth-order valence-corrected chi connectivity index (χ4v) is 1.25. The molecule has 0 radical (unpaired) electrons. The molecule has 3 N–H and O–H groups in total. The number of nitrogens with two attached hydrogens (primary N) is 1. The summed E-state index contributed by atoms with van der Waals surface area (Å²) in [6, 6.07) is 2.08. The van der Waals surface area contributed by atoms with Crippen LogP contribution in [0.2, 0.25) is 0 Å². The van der Waals surface area contributed by atoms with Gasteiger partial charge in [-0.2, -0.15) is 10.2 Å². The van der Waals surface area contributed by atoms with Crippen molar-refractivity contribution in [1.82, 2.24) is 20.1 Å². The number of nitriles is 1. The highest BCUT2D eigenvalue weighted by molar-refractivity contribution is 5.90. The van der Waals surface area contributed by atoms with Crippen molar-refractivity contribution in [3.05, 3.63) is 5.82 Å². The average Bonchev–Trinajstić information content (AvgIpc) is 2.71. The molecule has 0 aromatic carbocycles. The van der Waals surface area contributed by atoms with Gasteiger partial charge in [-0.25, -0.2) is 0 Å². The summed E-state index contributed by atoms with van der Waals surface area (Å²) < 4.78 is 0. The van der Waals surface area contributed by atoms with E-state index in [9.17, 15) is 4.79 Å². The molecule has 7 heteroatoms. The van der Waals surface area contributed by atoms with Gasteiger partial charge in [-0.3, -0.25) is 9.89 Å². The molecule has 1 heterocycles. The Bertz CT molecular complexity index is 406. The third-order valence-electron chi connectivity index (χ3n) is 2.09. The van der Waals surface area contributed by atoms with Crippen molar-refractivity contribution in [1.29, 1.82) is 5.26 Å². The molecule has 86 valence electrons. The molecule has 0 aliphatic carbocycles. The lowest BCUT2D eigenvalue weighted by molar-refractivity contribution is 0.0741. The Morgan fingerprint density at radius 3 is 2.88 bits per heavy atom. The van der Waals surface area contributed by atoms with Crippen LogP contribution in [0, 0.1) is 17.2 Å². The molecule has 1 rings (SSSR count).